The third kappa shape index (κ3) is 4.24. The minimum atomic E-state index is -0.559. The van der Waals surface area contributed by atoms with E-state index in [9.17, 15) is 4.39 Å². The van der Waals surface area contributed by atoms with E-state index in [1.165, 1.54) is 25.0 Å². The molecule has 0 unspecified atom stereocenters. The van der Waals surface area contributed by atoms with Crippen LogP contribution >= 0.6 is 0 Å². The van der Waals surface area contributed by atoms with Crippen molar-refractivity contribution in [3.05, 3.63) is 29.6 Å². The molecular weight excluding hydrogens is 235 g/mol. The van der Waals surface area contributed by atoms with Crippen LogP contribution in [0.2, 0.25) is 0 Å². The summed E-state index contributed by atoms with van der Waals surface area (Å²) in [5.74, 6) is -0.350. The molecule has 0 aliphatic heterocycles. The van der Waals surface area contributed by atoms with E-state index in [1.807, 2.05) is 0 Å². The molecule has 0 spiro atoms. The van der Waals surface area contributed by atoms with E-state index in [2.05, 4.69) is 12.1 Å². The van der Waals surface area contributed by atoms with Crippen LogP contribution in [-0.2, 0) is 0 Å². The Morgan fingerprint density at radius 3 is 2.78 bits per heavy atom. The van der Waals surface area contributed by atoms with Crippen molar-refractivity contribution in [3.63, 3.8) is 0 Å². The molecule has 1 aromatic carbocycles. The minimum absolute atomic E-state index is 0.0656. The van der Waals surface area contributed by atoms with Crippen molar-refractivity contribution in [2.75, 3.05) is 6.61 Å². The first kappa shape index (κ1) is 14.3. The van der Waals surface area contributed by atoms with Gasteiger partial charge in [-0.1, -0.05) is 31.3 Å². The van der Waals surface area contributed by atoms with Gasteiger partial charge >= 0.3 is 0 Å². The van der Waals surface area contributed by atoms with Gasteiger partial charge in [-0.05, 0) is 18.6 Å². The zero-order valence-electron chi connectivity index (χ0n) is 10.5. The van der Waals surface area contributed by atoms with Crippen LogP contribution in [0.3, 0.4) is 0 Å². The van der Waals surface area contributed by atoms with Gasteiger partial charge in [0.2, 0.25) is 0 Å². The van der Waals surface area contributed by atoms with E-state index in [4.69, 9.17) is 15.7 Å². The van der Waals surface area contributed by atoms with Gasteiger partial charge < -0.3 is 15.7 Å². The molecule has 0 bridgehead atoms. The largest absolute Gasteiger partial charge is 0.493 e. The molecule has 100 valence electrons. The molecular formula is C13H19FN2O2. The first-order chi connectivity index (χ1) is 8.69. The summed E-state index contributed by atoms with van der Waals surface area (Å²) in [5, 5.41) is 11.2. The van der Waals surface area contributed by atoms with Crippen LogP contribution in [0.5, 0.6) is 5.75 Å². The SMILES string of the molecule is CCCCCCOc1ccc(C(N)=NO)c(F)c1. The van der Waals surface area contributed by atoms with Gasteiger partial charge in [-0.3, -0.25) is 0 Å². The van der Waals surface area contributed by atoms with Gasteiger partial charge in [0.15, 0.2) is 5.84 Å². The lowest BCUT2D eigenvalue weighted by molar-refractivity contribution is 0.303. The molecule has 0 aliphatic carbocycles. The number of ether oxygens (including phenoxy) is 1. The standard InChI is InChI=1S/C13H19FN2O2/c1-2-3-4-5-8-18-10-6-7-11(12(14)9-10)13(15)16-17/h6-7,9,17H,2-5,8H2,1H3,(H2,15,16). The Labute approximate surface area is 106 Å². The van der Waals surface area contributed by atoms with Crippen LogP contribution in [0.1, 0.15) is 38.2 Å². The second-order valence-corrected chi connectivity index (χ2v) is 4.04. The fraction of sp³-hybridized carbons (Fsp3) is 0.462. The molecule has 0 radical (unpaired) electrons. The van der Waals surface area contributed by atoms with Crippen molar-refractivity contribution in [3.8, 4) is 5.75 Å². The summed E-state index contributed by atoms with van der Waals surface area (Å²) in [6.45, 7) is 2.71. The molecule has 1 rings (SSSR count). The predicted molar refractivity (Wildman–Crippen MR) is 68.5 cm³/mol. The number of amidine groups is 1. The maximum absolute atomic E-state index is 13.6. The number of halogens is 1. The molecule has 0 fully saturated rings. The third-order valence-corrected chi connectivity index (χ3v) is 2.59. The molecule has 0 amide bonds. The fourth-order valence-electron chi connectivity index (χ4n) is 1.57. The number of unbranched alkanes of at least 4 members (excludes halogenated alkanes) is 3. The summed E-state index contributed by atoms with van der Waals surface area (Å²) in [4.78, 5) is 0. The average Bonchev–Trinajstić information content (AvgIpc) is 2.38. The molecule has 0 aromatic heterocycles. The monoisotopic (exact) mass is 254 g/mol. The van der Waals surface area contributed by atoms with E-state index < -0.39 is 5.82 Å². The van der Waals surface area contributed by atoms with Crippen molar-refractivity contribution in [2.24, 2.45) is 10.9 Å². The molecule has 0 heterocycles. The number of hydrogen-bond acceptors (Lipinski definition) is 3. The maximum Gasteiger partial charge on any atom is 0.173 e. The molecule has 0 saturated heterocycles. The van der Waals surface area contributed by atoms with Crippen LogP contribution in [-0.4, -0.2) is 17.6 Å². The van der Waals surface area contributed by atoms with Crippen LogP contribution in [0.4, 0.5) is 4.39 Å². The molecule has 0 saturated carbocycles. The number of hydrogen-bond donors (Lipinski definition) is 2. The molecule has 4 nitrogen and oxygen atoms in total. The maximum atomic E-state index is 13.6. The van der Waals surface area contributed by atoms with Crippen molar-refractivity contribution >= 4 is 5.84 Å². The minimum Gasteiger partial charge on any atom is -0.493 e. The number of benzene rings is 1. The summed E-state index contributed by atoms with van der Waals surface area (Å²) in [6, 6.07) is 4.29. The van der Waals surface area contributed by atoms with Crippen molar-refractivity contribution in [1.82, 2.24) is 0 Å². The highest BCUT2D eigenvalue weighted by Crippen LogP contribution is 2.17. The highest BCUT2D eigenvalue weighted by Gasteiger charge is 2.08. The molecule has 3 N–H and O–H groups in total. The number of nitrogens with zero attached hydrogens (tertiary/aromatic N) is 1. The summed E-state index contributed by atoms with van der Waals surface area (Å²) >= 11 is 0. The molecule has 0 aliphatic rings. The van der Waals surface area contributed by atoms with Crippen LogP contribution in [0, 0.1) is 5.82 Å². The summed E-state index contributed by atoms with van der Waals surface area (Å²) in [6.07, 6.45) is 4.42. The van der Waals surface area contributed by atoms with Crippen molar-refractivity contribution in [1.29, 1.82) is 0 Å². The third-order valence-electron chi connectivity index (χ3n) is 2.59. The average molecular weight is 254 g/mol. The number of oxime groups is 1. The first-order valence-electron chi connectivity index (χ1n) is 6.09. The first-order valence-corrected chi connectivity index (χ1v) is 6.09. The summed E-state index contributed by atoms with van der Waals surface area (Å²) in [7, 11) is 0. The Balaban J connectivity index is 2.51. The summed E-state index contributed by atoms with van der Waals surface area (Å²) in [5.41, 5.74) is 5.38. The van der Waals surface area contributed by atoms with Crippen molar-refractivity contribution < 1.29 is 14.3 Å². The summed E-state index contributed by atoms with van der Waals surface area (Å²) < 4.78 is 19.0. The van der Waals surface area contributed by atoms with E-state index >= 15 is 0 Å². The van der Waals surface area contributed by atoms with Crippen LogP contribution < -0.4 is 10.5 Å². The van der Waals surface area contributed by atoms with E-state index in [0.717, 1.165) is 12.8 Å². The fourth-order valence-corrected chi connectivity index (χ4v) is 1.57. The van der Waals surface area contributed by atoms with Gasteiger partial charge in [-0.25, -0.2) is 4.39 Å². The predicted octanol–water partition coefficient (Wildman–Crippen LogP) is 2.88. The van der Waals surface area contributed by atoms with Gasteiger partial charge in [-0.2, -0.15) is 0 Å². The number of rotatable bonds is 7. The Bertz CT molecular complexity index is 408. The second kappa shape index (κ2) is 7.53. The number of nitrogens with two attached hydrogens (primary N) is 1. The molecule has 1 aromatic rings. The van der Waals surface area contributed by atoms with E-state index in [0.29, 0.717) is 12.4 Å². The molecule has 0 atom stereocenters. The van der Waals surface area contributed by atoms with Crippen LogP contribution in [0.15, 0.2) is 23.4 Å². The zero-order valence-corrected chi connectivity index (χ0v) is 10.5. The van der Waals surface area contributed by atoms with Crippen molar-refractivity contribution in [2.45, 2.75) is 32.6 Å². The Morgan fingerprint density at radius 1 is 1.39 bits per heavy atom. The van der Waals surface area contributed by atoms with Crippen LogP contribution in [0.25, 0.3) is 0 Å². The molecule has 18 heavy (non-hydrogen) atoms. The van der Waals surface area contributed by atoms with E-state index in [-0.39, 0.29) is 11.4 Å². The lowest BCUT2D eigenvalue weighted by Crippen LogP contribution is -2.15. The quantitative estimate of drug-likeness (QED) is 0.258. The van der Waals surface area contributed by atoms with Gasteiger partial charge in [0.25, 0.3) is 0 Å². The lowest BCUT2D eigenvalue weighted by Gasteiger charge is -2.07. The van der Waals surface area contributed by atoms with E-state index in [1.54, 1.807) is 6.07 Å². The van der Waals surface area contributed by atoms with Gasteiger partial charge in [0, 0.05) is 6.07 Å². The van der Waals surface area contributed by atoms with Gasteiger partial charge in [0.05, 0.1) is 12.2 Å². The Morgan fingerprint density at radius 2 is 2.17 bits per heavy atom. The highest BCUT2D eigenvalue weighted by molar-refractivity contribution is 5.97. The Kier molecular flexibility index (Phi) is 5.97. The lowest BCUT2D eigenvalue weighted by atomic mass is 10.2. The topological polar surface area (TPSA) is 67.8 Å². The second-order valence-electron chi connectivity index (χ2n) is 4.04. The smallest absolute Gasteiger partial charge is 0.173 e. The highest BCUT2D eigenvalue weighted by atomic mass is 19.1. The van der Waals surface area contributed by atoms with Gasteiger partial charge in [0.1, 0.15) is 11.6 Å². The normalized spacial score (nSPS) is 11.6. The van der Waals surface area contributed by atoms with Gasteiger partial charge in [-0.15, -0.1) is 0 Å². The molecule has 5 heteroatoms. The zero-order chi connectivity index (χ0) is 13.4. The Hall–Kier alpha value is -1.78.